The first-order chi connectivity index (χ1) is 10.8. The van der Waals surface area contributed by atoms with Gasteiger partial charge in [-0.2, -0.15) is 0 Å². The molecule has 2 N–H and O–H groups in total. The molecule has 0 aromatic heterocycles. The highest BCUT2D eigenvalue weighted by Gasteiger charge is 2.22. The van der Waals surface area contributed by atoms with Crippen LogP contribution >= 0.6 is 0 Å². The lowest BCUT2D eigenvalue weighted by molar-refractivity contribution is 0.0469. The van der Waals surface area contributed by atoms with E-state index in [0.29, 0.717) is 6.54 Å². The zero-order valence-electron chi connectivity index (χ0n) is 13.9. The molecule has 2 amide bonds. The molecule has 4 nitrogen and oxygen atoms in total. The van der Waals surface area contributed by atoms with Crippen molar-refractivity contribution in [3.63, 3.8) is 0 Å². The maximum Gasteiger partial charge on any atom is 0.322 e. The lowest BCUT2D eigenvalue weighted by atomic mass is 10.1. The average Bonchev–Trinajstić information content (AvgIpc) is 2.46. The van der Waals surface area contributed by atoms with Crippen LogP contribution in [-0.4, -0.2) is 28.2 Å². The molecule has 0 spiro atoms. The van der Waals surface area contributed by atoms with Gasteiger partial charge >= 0.3 is 6.03 Å². The Kier molecular flexibility index (Phi) is 5.40. The summed E-state index contributed by atoms with van der Waals surface area (Å²) < 4.78 is 0. The summed E-state index contributed by atoms with van der Waals surface area (Å²) in [5.41, 5.74) is 1.90. The van der Waals surface area contributed by atoms with E-state index in [9.17, 15) is 9.90 Å². The number of carbonyl (C=O) groups is 1. The molecule has 0 aliphatic carbocycles. The van der Waals surface area contributed by atoms with Gasteiger partial charge in [0.1, 0.15) is 0 Å². The first-order valence-electron chi connectivity index (χ1n) is 7.72. The third-order valence-corrected chi connectivity index (χ3v) is 3.35. The number of benzene rings is 2. The summed E-state index contributed by atoms with van der Waals surface area (Å²) in [7, 11) is 0. The van der Waals surface area contributed by atoms with Gasteiger partial charge in [0.15, 0.2) is 0 Å². The number of aliphatic hydroxyl groups is 1. The van der Waals surface area contributed by atoms with Crippen molar-refractivity contribution in [3.8, 4) is 0 Å². The molecule has 4 heteroatoms. The molecule has 0 heterocycles. The van der Waals surface area contributed by atoms with Crippen molar-refractivity contribution in [2.45, 2.75) is 32.9 Å². The van der Waals surface area contributed by atoms with Crippen molar-refractivity contribution < 1.29 is 9.90 Å². The number of nitrogens with one attached hydrogen (secondary N) is 1. The fraction of sp³-hybridized carbons (Fsp3) is 0.316. The molecule has 0 radical (unpaired) electrons. The van der Waals surface area contributed by atoms with Crippen LogP contribution in [-0.2, 0) is 6.54 Å². The summed E-state index contributed by atoms with van der Waals surface area (Å²) in [6.45, 7) is 6.08. The highest BCUT2D eigenvalue weighted by molar-refractivity contribution is 5.89. The molecule has 0 fully saturated rings. The Labute approximate surface area is 137 Å². The number of aryl methyl sites for hydroxylation is 1. The minimum absolute atomic E-state index is 0.221. The van der Waals surface area contributed by atoms with Crippen LogP contribution in [0.1, 0.15) is 25.0 Å². The second-order valence-electron chi connectivity index (χ2n) is 6.45. The van der Waals surface area contributed by atoms with E-state index in [4.69, 9.17) is 0 Å². The largest absolute Gasteiger partial charge is 0.389 e. The van der Waals surface area contributed by atoms with E-state index >= 15 is 0 Å². The number of amides is 2. The summed E-state index contributed by atoms with van der Waals surface area (Å²) in [4.78, 5) is 14.2. The molecule has 122 valence electrons. The summed E-state index contributed by atoms with van der Waals surface area (Å²) in [5, 5.41) is 13.0. The number of nitrogens with zero attached hydrogens (tertiary/aromatic N) is 1. The molecule has 0 aliphatic rings. The van der Waals surface area contributed by atoms with E-state index in [0.717, 1.165) is 16.8 Å². The normalized spacial score (nSPS) is 11.1. The van der Waals surface area contributed by atoms with Crippen LogP contribution in [0.25, 0.3) is 0 Å². The van der Waals surface area contributed by atoms with Crippen molar-refractivity contribution in [3.05, 3.63) is 65.7 Å². The van der Waals surface area contributed by atoms with Crippen LogP contribution in [0, 0.1) is 6.92 Å². The van der Waals surface area contributed by atoms with Gasteiger partial charge in [-0.3, -0.25) is 0 Å². The van der Waals surface area contributed by atoms with Crippen LogP contribution < -0.4 is 5.32 Å². The van der Waals surface area contributed by atoms with Crippen molar-refractivity contribution in [1.29, 1.82) is 0 Å². The van der Waals surface area contributed by atoms with Gasteiger partial charge in [-0.15, -0.1) is 0 Å². The molecule has 2 aromatic rings. The Morgan fingerprint density at radius 2 is 1.83 bits per heavy atom. The zero-order valence-corrected chi connectivity index (χ0v) is 13.9. The van der Waals surface area contributed by atoms with Crippen LogP contribution in [0.5, 0.6) is 0 Å². The van der Waals surface area contributed by atoms with Gasteiger partial charge in [-0.05, 0) is 44.0 Å². The van der Waals surface area contributed by atoms with Gasteiger partial charge in [0.25, 0.3) is 0 Å². The minimum atomic E-state index is -0.960. The molecule has 0 saturated heterocycles. The number of hydrogen-bond donors (Lipinski definition) is 2. The van der Waals surface area contributed by atoms with Crippen molar-refractivity contribution >= 4 is 11.7 Å². The van der Waals surface area contributed by atoms with Crippen LogP contribution in [0.2, 0.25) is 0 Å². The van der Waals surface area contributed by atoms with Gasteiger partial charge in [0.05, 0.1) is 12.1 Å². The minimum Gasteiger partial charge on any atom is -0.389 e. The van der Waals surface area contributed by atoms with Crippen LogP contribution in [0.15, 0.2) is 54.6 Å². The number of anilines is 1. The lowest BCUT2D eigenvalue weighted by Gasteiger charge is -2.29. The number of carbonyl (C=O) groups excluding carboxylic acids is 1. The molecular weight excluding hydrogens is 288 g/mol. The van der Waals surface area contributed by atoms with Gasteiger partial charge in [0.2, 0.25) is 0 Å². The monoisotopic (exact) mass is 312 g/mol. The lowest BCUT2D eigenvalue weighted by Crippen LogP contribution is -2.43. The Morgan fingerprint density at radius 1 is 1.13 bits per heavy atom. The average molecular weight is 312 g/mol. The Morgan fingerprint density at radius 3 is 2.43 bits per heavy atom. The Balaban J connectivity index is 2.13. The fourth-order valence-corrected chi connectivity index (χ4v) is 2.40. The fourth-order valence-electron chi connectivity index (χ4n) is 2.40. The molecule has 0 bridgehead atoms. The van der Waals surface area contributed by atoms with E-state index in [2.05, 4.69) is 5.32 Å². The maximum absolute atomic E-state index is 12.6. The second kappa shape index (κ2) is 7.29. The van der Waals surface area contributed by atoms with Crippen LogP contribution in [0.3, 0.4) is 0 Å². The van der Waals surface area contributed by atoms with Crippen LogP contribution in [0.4, 0.5) is 10.5 Å². The highest BCUT2D eigenvalue weighted by atomic mass is 16.3. The molecule has 0 aliphatic heterocycles. The molecular formula is C19H24N2O2. The Hall–Kier alpha value is -2.33. The SMILES string of the molecule is Cc1cccc(NC(=O)N(Cc2ccccc2)CC(C)(C)O)c1. The van der Waals surface area contributed by atoms with E-state index in [-0.39, 0.29) is 12.6 Å². The molecule has 2 aromatic carbocycles. The number of rotatable bonds is 5. The molecule has 0 atom stereocenters. The molecule has 0 unspecified atom stereocenters. The third-order valence-electron chi connectivity index (χ3n) is 3.35. The molecule has 0 saturated carbocycles. The zero-order chi connectivity index (χ0) is 16.9. The molecule has 23 heavy (non-hydrogen) atoms. The predicted octanol–water partition coefficient (Wildman–Crippen LogP) is 3.80. The first-order valence-corrected chi connectivity index (χ1v) is 7.72. The summed E-state index contributed by atoms with van der Waals surface area (Å²) >= 11 is 0. The van der Waals surface area contributed by atoms with Gasteiger partial charge in [-0.1, -0.05) is 42.5 Å². The van der Waals surface area contributed by atoms with E-state index < -0.39 is 5.60 Å². The standard InChI is InChI=1S/C19H24N2O2/c1-15-8-7-11-17(12-15)20-18(22)21(14-19(2,3)23)13-16-9-5-4-6-10-16/h4-12,23H,13-14H2,1-3H3,(H,20,22). The van der Waals surface area contributed by atoms with Crippen molar-refractivity contribution in [1.82, 2.24) is 4.90 Å². The van der Waals surface area contributed by atoms with E-state index in [1.165, 1.54) is 0 Å². The second-order valence-corrected chi connectivity index (χ2v) is 6.45. The number of urea groups is 1. The summed E-state index contributed by atoms with van der Waals surface area (Å²) in [5.74, 6) is 0. The van der Waals surface area contributed by atoms with Gasteiger partial charge in [-0.25, -0.2) is 4.79 Å². The topological polar surface area (TPSA) is 52.6 Å². The molecule has 2 rings (SSSR count). The summed E-state index contributed by atoms with van der Waals surface area (Å²) in [6.07, 6.45) is 0. The van der Waals surface area contributed by atoms with E-state index in [1.807, 2.05) is 61.5 Å². The predicted molar refractivity (Wildman–Crippen MR) is 93.3 cm³/mol. The summed E-state index contributed by atoms with van der Waals surface area (Å²) in [6, 6.07) is 17.2. The van der Waals surface area contributed by atoms with Crippen molar-refractivity contribution in [2.75, 3.05) is 11.9 Å². The van der Waals surface area contributed by atoms with Gasteiger partial charge in [0, 0.05) is 12.2 Å². The quantitative estimate of drug-likeness (QED) is 0.882. The van der Waals surface area contributed by atoms with Gasteiger partial charge < -0.3 is 15.3 Å². The Bertz CT molecular complexity index is 648. The number of hydrogen-bond acceptors (Lipinski definition) is 2. The third kappa shape index (κ3) is 5.75. The highest BCUT2D eigenvalue weighted by Crippen LogP contribution is 2.14. The maximum atomic E-state index is 12.6. The van der Waals surface area contributed by atoms with E-state index in [1.54, 1.807) is 18.7 Å². The van der Waals surface area contributed by atoms with Crippen molar-refractivity contribution in [2.24, 2.45) is 0 Å². The first kappa shape index (κ1) is 17.0. The smallest absolute Gasteiger partial charge is 0.322 e.